The lowest BCUT2D eigenvalue weighted by Crippen LogP contribution is -2.48. The molecule has 29 heavy (non-hydrogen) atoms. The third-order valence-electron chi connectivity index (χ3n) is 4.90. The van der Waals surface area contributed by atoms with Crippen LogP contribution in [0.1, 0.15) is 10.4 Å². The molecule has 0 aliphatic carbocycles. The zero-order valence-corrected chi connectivity index (χ0v) is 18.3. The van der Waals surface area contributed by atoms with Crippen LogP contribution < -0.4 is 14.4 Å². The Bertz CT molecular complexity index is 1020. The molecule has 1 fully saturated rings. The summed E-state index contributed by atoms with van der Waals surface area (Å²) in [6.45, 7) is 2.50. The van der Waals surface area contributed by atoms with Crippen LogP contribution in [-0.2, 0) is 0 Å². The molecule has 1 aromatic heterocycles. The standard InChI is InChI=1S/C20H19Cl2N3O3S/c1-27-15-5-6-16(28-2)18-17(15)23-20(29-18)25-9-7-24(8-10-25)19(26)13-11-12(21)3-4-14(13)22/h3-6,11H,7-10H2,1-2H3. The Morgan fingerprint density at radius 2 is 1.72 bits per heavy atom. The summed E-state index contributed by atoms with van der Waals surface area (Å²) < 4.78 is 11.9. The van der Waals surface area contributed by atoms with E-state index >= 15 is 0 Å². The van der Waals surface area contributed by atoms with Gasteiger partial charge in [0.1, 0.15) is 21.7 Å². The lowest BCUT2D eigenvalue weighted by Gasteiger charge is -2.34. The highest BCUT2D eigenvalue weighted by Crippen LogP contribution is 2.40. The number of nitrogens with zero attached hydrogens (tertiary/aromatic N) is 3. The van der Waals surface area contributed by atoms with Crippen LogP contribution in [0.25, 0.3) is 10.2 Å². The topological polar surface area (TPSA) is 54.9 Å². The van der Waals surface area contributed by atoms with Gasteiger partial charge in [0.25, 0.3) is 5.91 Å². The van der Waals surface area contributed by atoms with Gasteiger partial charge in [0.15, 0.2) is 5.13 Å². The van der Waals surface area contributed by atoms with Crippen molar-refractivity contribution in [3.05, 3.63) is 45.9 Å². The Balaban J connectivity index is 1.52. The normalized spacial score (nSPS) is 14.3. The minimum absolute atomic E-state index is 0.107. The maximum absolute atomic E-state index is 12.8. The highest BCUT2D eigenvalue weighted by Gasteiger charge is 2.26. The minimum atomic E-state index is -0.107. The smallest absolute Gasteiger partial charge is 0.255 e. The van der Waals surface area contributed by atoms with Gasteiger partial charge in [-0.15, -0.1) is 0 Å². The summed E-state index contributed by atoms with van der Waals surface area (Å²) in [7, 11) is 3.28. The third kappa shape index (κ3) is 3.82. The van der Waals surface area contributed by atoms with E-state index in [1.807, 2.05) is 12.1 Å². The second-order valence-electron chi connectivity index (χ2n) is 6.55. The average molecular weight is 452 g/mol. The highest BCUT2D eigenvalue weighted by atomic mass is 35.5. The molecule has 152 valence electrons. The molecular weight excluding hydrogens is 433 g/mol. The molecule has 1 amide bonds. The maximum Gasteiger partial charge on any atom is 0.255 e. The van der Waals surface area contributed by atoms with E-state index in [0.717, 1.165) is 21.1 Å². The fraction of sp³-hybridized carbons (Fsp3) is 0.300. The molecule has 1 aliphatic heterocycles. The molecule has 6 nitrogen and oxygen atoms in total. The minimum Gasteiger partial charge on any atom is -0.495 e. The number of carbonyl (C=O) groups is 1. The molecule has 2 heterocycles. The van der Waals surface area contributed by atoms with Crippen molar-refractivity contribution in [3.8, 4) is 11.5 Å². The molecule has 2 aromatic carbocycles. The Morgan fingerprint density at radius 1 is 1.03 bits per heavy atom. The van der Waals surface area contributed by atoms with E-state index in [2.05, 4.69) is 4.90 Å². The lowest BCUT2D eigenvalue weighted by molar-refractivity contribution is 0.0747. The Kier molecular flexibility index (Phi) is 5.72. The lowest BCUT2D eigenvalue weighted by atomic mass is 10.2. The van der Waals surface area contributed by atoms with Crippen LogP contribution in [0.4, 0.5) is 5.13 Å². The molecule has 3 aromatic rings. The van der Waals surface area contributed by atoms with Crippen molar-refractivity contribution < 1.29 is 14.3 Å². The molecule has 0 saturated carbocycles. The van der Waals surface area contributed by atoms with E-state index in [1.165, 1.54) is 0 Å². The maximum atomic E-state index is 12.8. The molecule has 1 aliphatic rings. The van der Waals surface area contributed by atoms with Gasteiger partial charge in [0.05, 0.1) is 24.8 Å². The first-order chi connectivity index (χ1) is 14.0. The first-order valence-corrected chi connectivity index (χ1v) is 10.6. The number of hydrogen-bond donors (Lipinski definition) is 0. The largest absolute Gasteiger partial charge is 0.495 e. The van der Waals surface area contributed by atoms with Gasteiger partial charge < -0.3 is 19.3 Å². The summed E-state index contributed by atoms with van der Waals surface area (Å²) in [6, 6.07) is 8.68. The molecule has 0 N–H and O–H groups in total. The number of aromatic nitrogens is 1. The van der Waals surface area contributed by atoms with Crippen molar-refractivity contribution in [2.75, 3.05) is 45.3 Å². The van der Waals surface area contributed by atoms with Crippen LogP contribution in [0.2, 0.25) is 10.0 Å². The van der Waals surface area contributed by atoms with E-state index < -0.39 is 0 Å². The third-order valence-corrected chi connectivity index (χ3v) is 6.59. The molecule has 0 bridgehead atoms. The van der Waals surface area contributed by atoms with Gasteiger partial charge in [0, 0.05) is 31.2 Å². The number of methoxy groups -OCH3 is 2. The fourth-order valence-electron chi connectivity index (χ4n) is 3.34. The number of piperazine rings is 1. The predicted molar refractivity (Wildman–Crippen MR) is 117 cm³/mol. The van der Waals surface area contributed by atoms with Gasteiger partial charge in [-0.3, -0.25) is 4.79 Å². The van der Waals surface area contributed by atoms with Gasteiger partial charge in [-0.05, 0) is 30.3 Å². The summed E-state index contributed by atoms with van der Waals surface area (Å²) in [5.74, 6) is 1.38. The molecule has 9 heteroatoms. The summed E-state index contributed by atoms with van der Waals surface area (Å²) >= 11 is 13.8. The number of rotatable bonds is 4. The van der Waals surface area contributed by atoms with Crippen LogP contribution in [0.15, 0.2) is 30.3 Å². The van der Waals surface area contributed by atoms with Crippen molar-refractivity contribution >= 4 is 55.8 Å². The predicted octanol–water partition coefficient (Wildman–Crippen LogP) is 4.58. The van der Waals surface area contributed by atoms with Gasteiger partial charge >= 0.3 is 0 Å². The fourth-order valence-corrected chi connectivity index (χ4v) is 4.84. The van der Waals surface area contributed by atoms with E-state index in [4.69, 9.17) is 37.7 Å². The number of ether oxygens (including phenoxy) is 2. The molecule has 4 rings (SSSR count). The summed E-state index contributed by atoms with van der Waals surface area (Å²) in [6.07, 6.45) is 0. The van der Waals surface area contributed by atoms with Crippen LogP contribution in [0.5, 0.6) is 11.5 Å². The van der Waals surface area contributed by atoms with Crippen LogP contribution in [-0.4, -0.2) is 56.2 Å². The van der Waals surface area contributed by atoms with Gasteiger partial charge in [-0.2, -0.15) is 0 Å². The van der Waals surface area contributed by atoms with E-state index in [0.29, 0.717) is 47.5 Å². The molecular formula is C20H19Cl2N3O3S. The average Bonchev–Trinajstić information content (AvgIpc) is 3.20. The Labute approximate surface area is 182 Å². The zero-order valence-electron chi connectivity index (χ0n) is 15.9. The van der Waals surface area contributed by atoms with E-state index in [9.17, 15) is 4.79 Å². The number of benzene rings is 2. The number of halogens is 2. The number of amides is 1. The van der Waals surface area contributed by atoms with Gasteiger partial charge in [0.2, 0.25) is 0 Å². The van der Waals surface area contributed by atoms with Crippen LogP contribution in [0, 0.1) is 0 Å². The quantitative estimate of drug-likeness (QED) is 0.580. The zero-order chi connectivity index (χ0) is 20.5. The van der Waals surface area contributed by atoms with Crippen molar-refractivity contribution in [2.45, 2.75) is 0 Å². The second kappa shape index (κ2) is 8.26. The number of thiazole rings is 1. The summed E-state index contributed by atoms with van der Waals surface area (Å²) in [4.78, 5) is 21.6. The number of fused-ring (bicyclic) bond motifs is 1. The van der Waals surface area contributed by atoms with Crippen molar-refractivity contribution in [1.82, 2.24) is 9.88 Å². The molecule has 0 spiro atoms. The van der Waals surface area contributed by atoms with Crippen LogP contribution in [0.3, 0.4) is 0 Å². The molecule has 0 unspecified atom stereocenters. The first kappa shape index (κ1) is 20.1. The SMILES string of the molecule is COc1ccc(OC)c2sc(N3CCN(C(=O)c4cc(Cl)ccc4Cl)CC3)nc12. The molecule has 0 atom stereocenters. The van der Waals surface area contributed by atoms with Crippen molar-refractivity contribution in [2.24, 2.45) is 0 Å². The highest BCUT2D eigenvalue weighted by molar-refractivity contribution is 7.22. The summed E-state index contributed by atoms with van der Waals surface area (Å²) in [5.41, 5.74) is 1.22. The number of carbonyl (C=O) groups excluding carboxylic acids is 1. The number of anilines is 1. The van der Waals surface area contributed by atoms with Crippen molar-refractivity contribution in [3.63, 3.8) is 0 Å². The monoisotopic (exact) mass is 451 g/mol. The van der Waals surface area contributed by atoms with E-state index in [1.54, 1.807) is 48.7 Å². The Morgan fingerprint density at radius 3 is 2.41 bits per heavy atom. The molecule has 1 saturated heterocycles. The van der Waals surface area contributed by atoms with Crippen molar-refractivity contribution in [1.29, 1.82) is 0 Å². The number of hydrogen-bond acceptors (Lipinski definition) is 6. The van der Waals surface area contributed by atoms with Gasteiger partial charge in [-0.1, -0.05) is 34.5 Å². The first-order valence-electron chi connectivity index (χ1n) is 9.02. The Hall–Kier alpha value is -2.22. The molecule has 0 radical (unpaired) electrons. The van der Waals surface area contributed by atoms with Crippen LogP contribution >= 0.6 is 34.5 Å². The van der Waals surface area contributed by atoms with Gasteiger partial charge in [-0.25, -0.2) is 4.98 Å². The second-order valence-corrected chi connectivity index (χ2v) is 8.37. The van der Waals surface area contributed by atoms with E-state index in [-0.39, 0.29) is 5.91 Å². The summed E-state index contributed by atoms with van der Waals surface area (Å²) in [5, 5.41) is 1.79.